The highest BCUT2D eigenvalue weighted by molar-refractivity contribution is 5.99. The lowest BCUT2D eigenvalue weighted by molar-refractivity contribution is 0.0389. The third-order valence-corrected chi connectivity index (χ3v) is 3.64. The van der Waals surface area contributed by atoms with Gasteiger partial charge in [-0.15, -0.1) is 0 Å². The van der Waals surface area contributed by atoms with Crippen LogP contribution in [0, 0.1) is 5.92 Å². The highest BCUT2D eigenvalue weighted by atomic mass is 16.5. The Labute approximate surface area is 117 Å². The lowest BCUT2D eigenvalue weighted by Gasteiger charge is -2.26. The number of carbonyl (C=O) groups excluding carboxylic acids is 1. The molecule has 0 saturated carbocycles. The molecule has 0 radical (unpaired) electrons. The van der Waals surface area contributed by atoms with E-state index in [1.54, 1.807) is 34.1 Å². The van der Waals surface area contributed by atoms with Crippen LogP contribution in [-0.4, -0.2) is 52.2 Å². The van der Waals surface area contributed by atoms with Gasteiger partial charge in [0.05, 0.1) is 12.8 Å². The first-order valence-corrected chi connectivity index (χ1v) is 6.87. The van der Waals surface area contributed by atoms with Crippen LogP contribution in [0.5, 0.6) is 0 Å². The van der Waals surface area contributed by atoms with Crippen LogP contribution in [0.3, 0.4) is 0 Å². The molecule has 0 aromatic carbocycles. The normalized spacial score (nSPS) is 19.1. The minimum atomic E-state index is -0.0377. The van der Waals surface area contributed by atoms with Crippen molar-refractivity contribution in [3.05, 3.63) is 30.2 Å². The first kappa shape index (κ1) is 13.1. The Hall–Kier alpha value is -1.95. The van der Waals surface area contributed by atoms with Crippen molar-refractivity contribution in [2.24, 2.45) is 5.92 Å². The summed E-state index contributed by atoms with van der Waals surface area (Å²) >= 11 is 0. The molecule has 1 amide bonds. The predicted molar refractivity (Wildman–Crippen MR) is 73.5 cm³/mol. The van der Waals surface area contributed by atoms with Gasteiger partial charge in [-0.1, -0.05) is 0 Å². The number of amides is 1. The standard InChI is InChI=1S/C14H18N4O2/c1-17(9-11-4-2-7-20-10-11)14(19)12-8-16-18-6-3-5-15-13(12)18/h3,5-6,8,11H,2,4,7,9-10H2,1H3. The Bertz CT molecular complexity index is 604. The molecule has 6 heteroatoms. The number of fused-ring (bicyclic) bond motifs is 1. The van der Waals surface area contributed by atoms with Crippen molar-refractivity contribution in [2.75, 3.05) is 26.8 Å². The topological polar surface area (TPSA) is 59.7 Å². The molecule has 0 aliphatic carbocycles. The number of hydrogen-bond acceptors (Lipinski definition) is 4. The number of ether oxygens (including phenoxy) is 1. The van der Waals surface area contributed by atoms with E-state index in [9.17, 15) is 4.79 Å². The van der Waals surface area contributed by atoms with Crippen LogP contribution < -0.4 is 0 Å². The molecule has 20 heavy (non-hydrogen) atoms. The Morgan fingerprint density at radius 3 is 3.30 bits per heavy atom. The van der Waals surface area contributed by atoms with Crippen molar-refractivity contribution >= 4 is 11.6 Å². The van der Waals surface area contributed by atoms with Crippen LogP contribution >= 0.6 is 0 Å². The van der Waals surface area contributed by atoms with E-state index in [1.165, 1.54) is 0 Å². The Morgan fingerprint density at radius 1 is 1.60 bits per heavy atom. The average Bonchev–Trinajstić information content (AvgIpc) is 2.91. The van der Waals surface area contributed by atoms with Crippen molar-refractivity contribution in [3.63, 3.8) is 0 Å². The fraction of sp³-hybridized carbons (Fsp3) is 0.500. The van der Waals surface area contributed by atoms with E-state index in [0.29, 0.717) is 23.7 Å². The van der Waals surface area contributed by atoms with Gasteiger partial charge in [-0.25, -0.2) is 9.50 Å². The van der Waals surface area contributed by atoms with E-state index in [-0.39, 0.29) is 5.91 Å². The Kier molecular flexibility index (Phi) is 3.64. The smallest absolute Gasteiger partial charge is 0.259 e. The molecule has 0 N–H and O–H groups in total. The Balaban J connectivity index is 1.74. The van der Waals surface area contributed by atoms with Crippen LogP contribution in [0.4, 0.5) is 0 Å². The van der Waals surface area contributed by atoms with Crippen molar-refractivity contribution in [1.29, 1.82) is 0 Å². The van der Waals surface area contributed by atoms with Crippen molar-refractivity contribution in [1.82, 2.24) is 19.5 Å². The van der Waals surface area contributed by atoms with E-state index in [0.717, 1.165) is 26.1 Å². The molecule has 3 rings (SSSR count). The molecule has 0 spiro atoms. The highest BCUT2D eigenvalue weighted by Crippen LogP contribution is 2.16. The van der Waals surface area contributed by atoms with Crippen LogP contribution in [0.2, 0.25) is 0 Å². The van der Waals surface area contributed by atoms with Gasteiger partial charge in [0.1, 0.15) is 5.56 Å². The molecule has 6 nitrogen and oxygen atoms in total. The zero-order valence-electron chi connectivity index (χ0n) is 11.5. The van der Waals surface area contributed by atoms with Crippen molar-refractivity contribution in [2.45, 2.75) is 12.8 Å². The minimum Gasteiger partial charge on any atom is -0.381 e. The summed E-state index contributed by atoms with van der Waals surface area (Å²) in [5.74, 6) is 0.386. The SMILES string of the molecule is CN(CC1CCCOC1)C(=O)c1cnn2cccnc12. The molecule has 1 aliphatic heterocycles. The second-order valence-corrected chi connectivity index (χ2v) is 5.21. The summed E-state index contributed by atoms with van der Waals surface area (Å²) in [6, 6.07) is 1.79. The largest absolute Gasteiger partial charge is 0.381 e. The van der Waals surface area contributed by atoms with Crippen molar-refractivity contribution in [3.8, 4) is 0 Å². The van der Waals surface area contributed by atoms with Gasteiger partial charge in [0, 0.05) is 32.6 Å². The molecule has 2 aromatic rings. The summed E-state index contributed by atoms with van der Waals surface area (Å²) in [5, 5.41) is 4.15. The zero-order valence-corrected chi connectivity index (χ0v) is 11.5. The molecule has 1 saturated heterocycles. The molecule has 1 aliphatic rings. The van der Waals surface area contributed by atoms with Gasteiger partial charge >= 0.3 is 0 Å². The maximum absolute atomic E-state index is 12.5. The number of aromatic nitrogens is 3. The molecular weight excluding hydrogens is 256 g/mol. The van der Waals surface area contributed by atoms with E-state index < -0.39 is 0 Å². The van der Waals surface area contributed by atoms with Gasteiger partial charge in [-0.05, 0) is 24.8 Å². The lowest BCUT2D eigenvalue weighted by Crippen LogP contribution is -2.35. The van der Waals surface area contributed by atoms with Gasteiger partial charge in [0.25, 0.3) is 5.91 Å². The first-order valence-electron chi connectivity index (χ1n) is 6.87. The zero-order chi connectivity index (χ0) is 13.9. The third-order valence-electron chi connectivity index (χ3n) is 3.64. The van der Waals surface area contributed by atoms with Crippen LogP contribution in [0.15, 0.2) is 24.7 Å². The fourth-order valence-corrected chi connectivity index (χ4v) is 2.61. The fourth-order valence-electron chi connectivity index (χ4n) is 2.61. The summed E-state index contributed by atoms with van der Waals surface area (Å²) in [5.41, 5.74) is 1.15. The predicted octanol–water partition coefficient (Wildman–Crippen LogP) is 1.23. The number of nitrogens with zero attached hydrogens (tertiary/aromatic N) is 4. The monoisotopic (exact) mass is 274 g/mol. The molecule has 106 valence electrons. The van der Waals surface area contributed by atoms with E-state index in [4.69, 9.17) is 4.74 Å². The summed E-state index contributed by atoms with van der Waals surface area (Å²) in [6.45, 7) is 2.29. The maximum atomic E-state index is 12.5. The number of carbonyl (C=O) groups is 1. The summed E-state index contributed by atoms with van der Waals surface area (Å²) in [7, 11) is 1.82. The molecule has 0 bridgehead atoms. The summed E-state index contributed by atoms with van der Waals surface area (Å²) < 4.78 is 7.07. The summed E-state index contributed by atoms with van der Waals surface area (Å²) in [6.07, 6.45) is 7.23. The molecule has 1 unspecified atom stereocenters. The second kappa shape index (κ2) is 5.58. The number of rotatable bonds is 3. The van der Waals surface area contributed by atoms with Crippen LogP contribution in [0.1, 0.15) is 23.2 Å². The lowest BCUT2D eigenvalue weighted by atomic mass is 10.0. The van der Waals surface area contributed by atoms with Gasteiger partial charge < -0.3 is 9.64 Å². The molecule has 2 aromatic heterocycles. The van der Waals surface area contributed by atoms with E-state index in [2.05, 4.69) is 10.1 Å². The molecule has 1 fully saturated rings. The average molecular weight is 274 g/mol. The van der Waals surface area contributed by atoms with E-state index in [1.807, 2.05) is 7.05 Å². The van der Waals surface area contributed by atoms with E-state index >= 15 is 0 Å². The van der Waals surface area contributed by atoms with Crippen LogP contribution in [0.25, 0.3) is 5.65 Å². The molecule has 1 atom stereocenters. The van der Waals surface area contributed by atoms with Crippen LogP contribution in [-0.2, 0) is 4.74 Å². The van der Waals surface area contributed by atoms with Gasteiger partial charge in [0.15, 0.2) is 5.65 Å². The second-order valence-electron chi connectivity index (χ2n) is 5.21. The molecular formula is C14H18N4O2. The van der Waals surface area contributed by atoms with Gasteiger partial charge in [-0.3, -0.25) is 4.79 Å². The maximum Gasteiger partial charge on any atom is 0.259 e. The van der Waals surface area contributed by atoms with Gasteiger partial charge in [-0.2, -0.15) is 5.10 Å². The minimum absolute atomic E-state index is 0.0377. The number of hydrogen-bond donors (Lipinski definition) is 0. The van der Waals surface area contributed by atoms with Gasteiger partial charge in [0.2, 0.25) is 0 Å². The molecule has 3 heterocycles. The first-order chi connectivity index (χ1) is 9.75. The quantitative estimate of drug-likeness (QED) is 0.844. The van der Waals surface area contributed by atoms with Crippen molar-refractivity contribution < 1.29 is 9.53 Å². The summed E-state index contributed by atoms with van der Waals surface area (Å²) in [4.78, 5) is 18.4. The Morgan fingerprint density at radius 2 is 2.50 bits per heavy atom. The third kappa shape index (κ3) is 2.51. The highest BCUT2D eigenvalue weighted by Gasteiger charge is 2.22.